The molecule has 1 aromatic carbocycles. The van der Waals surface area contributed by atoms with Crippen LogP contribution in [0.1, 0.15) is 25.8 Å². The maximum absolute atomic E-state index is 11.8. The van der Waals surface area contributed by atoms with E-state index in [2.05, 4.69) is 5.32 Å². The van der Waals surface area contributed by atoms with Crippen molar-refractivity contribution in [1.29, 1.82) is 0 Å². The molecule has 98 valence electrons. The monoisotopic (exact) mass is 249 g/mol. The molecule has 0 aliphatic heterocycles. The molecule has 0 bridgehead atoms. The zero-order valence-corrected chi connectivity index (χ0v) is 10.7. The Hall–Kier alpha value is -1.88. The van der Waals surface area contributed by atoms with Gasteiger partial charge in [0.25, 0.3) is 0 Å². The highest BCUT2D eigenvalue weighted by atomic mass is 16.2. The molecule has 1 aromatic rings. The molecule has 0 radical (unpaired) electrons. The van der Waals surface area contributed by atoms with Gasteiger partial charge in [-0.15, -0.1) is 0 Å². The molecule has 0 fully saturated rings. The molecule has 5 N–H and O–H groups in total. The number of amides is 2. The fraction of sp³-hybridized carbons (Fsp3) is 0.385. The number of hydrogen-bond donors (Lipinski definition) is 3. The molecule has 0 saturated carbocycles. The molecule has 0 atom stereocenters. The normalized spacial score (nSPS) is 11.1. The van der Waals surface area contributed by atoms with Gasteiger partial charge in [-0.2, -0.15) is 0 Å². The molecular formula is C13H19N3O2. The van der Waals surface area contributed by atoms with Crippen LogP contribution in [-0.4, -0.2) is 17.4 Å². The number of anilines is 1. The molecule has 0 heterocycles. The van der Waals surface area contributed by atoms with Gasteiger partial charge >= 0.3 is 0 Å². The van der Waals surface area contributed by atoms with Gasteiger partial charge in [-0.25, -0.2) is 0 Å². The summed E-state index contributed by atoms with van der Waals surface area (Å²) in [6.45, 7) is 3.56. The second kappa shape index (κ2) is 5.64. The number of primary amides is 1. The van der Waals surface area contributed by atoms with Crippen LogP contribution in [0.25, 0.3) is 0 Å². The van der Waals surface area contributed by atoms with Crippen LogP contribution in [0.5, 0.6) is 0 Å². The Labute approximate surface area is 107 Å². The minimum Gasteiger partial charge on any atom is -0.369 e. The van der Waals surface area contributed by atoms with Crippen molar-refractivity contribution in [2.75, 3.05) is 5.32 Å². The average Bonchev–Trinajstić information content (AvgIpc) is 2.17. The molecule has 0 saturated heterocycles. The molecule has 2 amide bonds. The lowest BCUT2D eigenvalue weighted by Gasteiger charge is -2.18. The Kier molecular flexibility index (Phi) is 4.44. The van der Waals surface area contributed by atoms with Crippen molar-refractivity contribution in [3.63, 3.8) is 0 Å². The highest BCUT2D eigenvalue weighted by molar-refractivity contribution is 5.93. The minimum absolute atomic E-state index is 0.0997. The Balaban J connectivity index is 2.78. The first-order valence-corrected chi connectivity index (χ1v) is 5.73. The third-order valence-electron chi connectivity index (χ3n) is 2.27. The van der Waals surface area contributed by atoms with Crippen LogP contribution in [0.2, 0.25) is 0 Å². The summed E-state index contributed by atoms with van der Waals surface area (Å²) in [6.07, 6.45) is 0.306. The van der Waals surface area contributed by atoms with Gasteiger partial charge in [0.15, 0.2) is 0 Å². The van der Waals surface area contributed by atoms with Gasteiger partial charge in [0.1, 0.15) is 0 Å². The summed E-state index contributed by atoms with van der Waals surface area (Å²) < 4.78 is 0. The third-order valence-corrected chi connectivity index (χ3v) is 2.27. The first kappa shape index (κ1) is 14.2. The Morgan fingerprint density at radius 2 is 1.89 bits per heavy atom. The van der Waals surface area contributed by atoms with Gasteiger partial charge in [0, 0.05) is 17.6 Å². The highest BCUT2D eigenvalue weighted by Gasteiger charge is 2.17. The van der Waals surface area contributed by atoms with Gasteiger partial charge in [-0.05, 0) is 25.5 Å². The number of benzene rings is 1. The molecule has 0 unspecified atom stereocenters. The van der Waals surface area contributed by atoms with Crippen LogP contribution < -0.4 is 16.8 Å². The molecule has 0 aliphatic carbocycles. The lowest BCUT2D eigenvalue weighted by Crippen LogP contribution is -2.36. The van der Waals surface area contributed by atoms with Crippen molar-refractivity contribution in [3.8, 4) is 0 Å². The number of carbonyl (C=O) groups is 2. The van der Waals surface area contributed by atoms with Crippen molar-refractivity contribution in [2.45, 2.75) is 32.2 Å². The van der Waals surface area contributed by atoms with E-state index in [0.29, 0.717) is 11.3 Å². The van der Waals surface area contributed by atoms with E-state index in [0.717, 1.165) is 0 Å². The largest absolute Gasteiger partial charge is 0.369 e. The molecule has 5 heteroatoms. The number of para-hydroxylation sites is 1. The quantitative estimate of drug-likeness (QED) is 0.719. The van der Waals surface area contributed by atoms with Crippen molar-refractivity contribution >= 4 is 17.5 Å². The van der Waals surface area contributed by atoms with E-state index in [1.54, 1.807) is 38.1 Å². The standard InChI is InChI=1S/C13H19N3O2/c1-13(2,15)8-12(18)16-10-6-4-3-5-9(10)7-11(14)17/h3-6H,7-8,15H2,1-2H3,(H2,14,17)(H,16,18). The summed E-state index contributed by atoms with van der Waals surface area (Å²) in [5, 5.41) is 2.75. The summed E-state index contributed by atoms with van der Waals surface area (Å²) in [6, 6.07) is 7.07. The average molecular weight is 249 g/mol. The fourth-order valence-corrected chi connectivity index (χ4v) is 1.59. The van der Waals surface area contributed by atoms with Gasteiger partial charge < -0.3 is 16.8 Å². The molecule has 0 spiro atoms. The van der Waals surface area contributed by atoms with Crippen molar-refractivity contribution < 1.29 is 9.59 Å². The van der Waals surface area contributed by atoms with Crippen LogP contribution in [0.3, 0.4) is 0 Å². The van der Waals surface area contributed by atoms with E-state index < -0.39 is 11.4 Å². The fourth-order valence-electron chi connectivity index (χ4n) is 1.59. The summed E-state index contributed by atoms with van der Waals surface area (Å²) in [4.78, 5) is 22.7. The predicted molar refractivity (Wildman–Crippen MR) is 70.9 cm³/mol. The lowest BCUT2D eigenvalue weighted by molar-refractivity contribution is -0.118. The molecular weight excluding hydrogens is 230 g/mol. The Bertz CT molecular complexity index is 450. The first-order chi connectivity index (χ1) is 8.28. The lowest BCUT2D eigenvalue weighted by atomic mass is 10.0. The van der Waals surface area contributed by atoms with Gasteiger partial charge in [0.2, 0.25) is 11.8 Å². The highest BCUT2D eigenvalue weighted by Crippen LogP contribution is 2.16. The van der Waals surface area contributed by atoms with Crippen LogP contribution in [0.15, 0.2) is 24.3 Å². The summed E-state index contributed by atoms with van der Waals surface area (Å²) in [5.74, 6) is -0.615. The summed E-state index contributed by atoms with van der Waals surface area (Å²) in [5.41, 5.74) is 11.7. The zero-order valence-electron chi connectivity index (χ0n) is 10.7. The van der Waals surface area contributed by atoms with E-state index in [9.17, 15) is 9.59 Å². The first-order valence-electron chi connectivity index (χ1n) is 5.73. The smallest absolute Gasteiger partial charge is 0.226 e. The summed E-state index contributed by atoms with van der Waals surface area (Å²) >= 11 is 0. The van der Waals surface area contributed by atoms with Gasteiger partial charge in [0.05, 0.1) is 6.42 Å². The van der Waals surface area contributed by atoms with E-state index in [-0.39, 0.29) is 18.7 Å². The third kappa shape index (κ3) is 4.97. The minimum atomic E-state index is -0.567. The second-order valence-electron chi connectivity index (χ2n) is 5.01. The van der Waals surface area contributed by atoms with E-state index in [4.69, 9.17) is 11.5 Å². The number of nitrogens with two attached hydrogens (primary N) is 2. The molecule has 5 nitrogen and oxygen atoms in total. The van der Waals surface area contributed by atoms with E-state index in [1.807, 2.05) is 0 Å². The van der Waals surface area contributed by atoms with Crippen LogP contribution in [-0.2, 0) is 16.0 Å². The van der Waals surface area contributed by atoms with Crippen molar-refractivity contribution in [3.05, 3.63) is 29.8 Å². The summed E-state index contributed by atoms with van der Waals surface area (Å²) in [7, 11) is 0. The zero-order chi connectivity index (χ0) is 13.8. The van der Waals surface area contributed by atoms with Crippen LogP contribution >= 0.6 is 0 Å². The number of hydrogen-bond acceptors (Lipinski definition) is 3. The second-order valence-corrected chi connectivity index (χ2v) is 5.01. The number of nitrogens with one attached hydrogen (secondary N) is 1. The van der Waals surface area contributed by atoms with Crippen molar-refractivity contribution in [2.24, 2.45) is 11.5 Å². The SMILES string of the molecule is CC(C)(N)CC(=O)Nc1ccccc1CC(N)=O. The van der Waals surface area contributed by atoms with E-state index in [1.165, 1.54) is 0 Å². The molecule has 18 heavy (non-hydrogen) atoms. The number of rotatable bonds is 5. The topological polar surface area (TPSA) is 98.2 Å². The van der Waals surface area contributed by atoms with Crippen molar-refractivity contribution in [1.82, 2.24) is 0 Å². The van der Waals surface area contributed by atoms with Crippen LogP contribution in [0, 0.1) is 0 Å². The van der Waals surface area contributed by atoms with Gasteiger partial charge in [-0.3, -0.25) is 9.59 Å². The van der Waals surface area contributed by atoms with Gasteiger partial charge in [-0.1, -0.05) is 18.2 Å². The Morgan fingerprint density at radius 1 is 1.28 bits per heavy atom. The number of carbonyl (C=O) groups excluding carboxylic acids is 2. The Morgan fingerprint density at radius 3 is 2.44 bits per heavy atom. The van der Waals surface area contributed by atoms with E-state index >= 15 is 0 Å². The maximum Gasteiger partial charge on any atom is 0.226 e. The molecule has 1 rings (SSSR count). The molecule has 0 aromatic heterocycles. The molecule has 0 aliphatic rings. The predicted octanol–water partition coefficient (Wildman–Crippen LogP) is 0.780. The maximum atomic E-state index is 11.8. The van der Waals surface area contributed by atoms with Crippen LogP contribution in [0.4, 0.5) is 5.69 Å².